The molecule has 1 N–H and O–H groups in total. The number of hydrogen-bond donors (Lipinski definition) is 1. The largest absolute Gasteiger partial charge is 0.481 e. The first kappa shape index (κ1) is 56.4. The van der Waals surface area contributed by atoms with Crippen molar-refractivity contribution in [3.05, 3.63) is 0 Å². The highest BCUT2D eigenvalue weighted by atomic mass is 16.4. The van der Waals surface area contributed by atoms with Gasteiger partial charge in [0.15, 0.2) is 0 Å². The van der Waals surface area contributed by atoms with Crippen molar-refractivity contribution < 1.29 is 9.90 Å². The highest BCUT2D eigenvalue weighted by Gasteiger charge is 2.17. The lowest BCUT2D eigenvalue weighted by Crippen LogP contribution is -2.37. The number of hydrogen-bond acceptors (Lipinski definition) is 2. The second-order valence-electron chi connectivity index (χ2n) is 18.9. The first-order valence-corrected chi connectivity index (χ1v) is 27.1. The third-order valence-corrected chi connectivity index (χ3v) is 13.3. The van der Waals surface area contributed by atoms with Gasteiger partial charge in [0.05, 0.1) is 0 Å². The first-order valence-electron chi connectivity index (χ1n) is 27.1. The van der Waals surface area contributed by atoms with Crippen LogP contribution in [0.4, 0.5) is 0 Å². The fourth-order valence-corrected chi connectivity index (χ4v) is 9.26. The molecular formula is C54H109NO2. The summed E-state index contributed by atoms with van der Waals surface area (Å²) in [5, 5.41) is 9.34. The minimum atomic E-state index is -0.637. The second-order valence-corrected chi connectivity index (χ2v) is 18.9. The molecule has 0 saturated carbocycles. The van der Waals surface area contributed by atoms with Crippen LogP contribution in [0.2, 0.25) is 0 Å². The van der Waals surface area contributed by atoms with Gasteiger partial charge in [-0.25, -0.2) is 0 Å². The molecule has 3 heteroatoms. The molecule has 0 bridgehead atoms. The predicted molar refractivity (Wildman–Crippen MR) is 257 cm³/mol. The van der Waals surface area contributed by atoms with Gasteiger partial charge in [-0.15, -0.1) is 0 Å². The van der Waals surface area contributed by atoms with E-state index in [0.29, 0.717) is 12.5 Å². The topological polar surface area (TPSA) is 40.5 Å². The molecule has 57 heavy (non-hydrogen) atoms. The third kappa shape index (κ3) is 46.3. The van der Waals surface area contributed by atoms with Crippen LogP contribution < -0.4 is 0 Å². The zero-order chi connectivity index (χ0) is 41.4. The molecule has 0 aromatic rings. The van der Waals surface area contributed by atoms with E-state index in [0.717, 1.165) is 25.9 Å². The highest BCUT2D eigenvalue weighted by molar-refractivity contribution is 5.66. The molecule has 0 amide bonds. The molecule has 0 heterocycles. The Labute approximate surface area is 361 Å². The first-order chi connectivity index (χ1) is 28.2. The molecule has 3 nitrogen and oxygen atoms in total. The van der Waals surface area contributed by atoms with Gasteiger partial charge in [0.2, 0.25) is 0 Å². The highest BCUT2D eigenvalue weighted by Crippen LogP contribution is 2.19. The molecular weight excluding hydrogens is 695 g/mol. The summed E-state index contributed by atoms with van der Waals surface area (Å²) in [4.78, 5) is 14.0. The third-order valence-electron chi connectivity index (χ3n) is 13.3. The van der Waals surface area contributed by atoms with Crippen LogP contribution in [0, 0.1) is 0 Å². The lowest BCUT2D eigenvalue weighted by atomic mass is 10.0. The summed E-state index contributed by atoms with van der Waals surface area (Å²) in [5.74, 6) is -0.637. The van der Waals surface area contributed by atoms with Gasteiger partial charge in [0.25, 0.3) is 0 Å². The van der Waals surface area contributed by atoms with Crippen LogP contribution in [0.5, 0.6) is 0 Å². The minimum Gasteiger partial charge on any atom is -0.481 e. The molecule has 1 atom stereocenters. The van der Waals surface area contributed by atoms with Crippen LogP contribution in [0.15, 0.2) is 0 Å². The SMILES string of the molecule is CCCCCCCCCCCCCCCCCCCCCCCCN(CCCCCCCCCCCCCCCCCCCCCCCC)C(CC)CCC(=O)O. The summed E-state index contributed by atoms with van der Waals surface area (Å²) in [7, 11) is 0. The van der Waals surface area contributed by atoms with Gasteiger partial charge in [-0.1, -0.05) is 290 Å². The Kier molecular flexibility index (Phi) is 49.3. The Morgan fingerprint density at radius 2 is 0.526 bits per heavy atom. The quantitative estimate of drug-likeness (QED) is 0.0623. The fourth-order valence-electron chi connectivity index (χ4n) is 9.26. The van der Waals surface area contributed by atoms with E-state index < -0.39 is 5.97 Å². The Hall–Kier alpha value is -0.570. The van der Waals surface area contributed by atoms with E-state index >= 15 is 0 Å². The molecule has 342 valence electrons. The lowest BCUT2D eigenvalue weighted by molar-refractivity contribution is -0.137. The Balaban J connectivity index is 3.73. The monoisotopic (exact) mass is 804 g/mol. The van der Waals surface area contributed by atoms with Crippen LogP contribution >= 0.6 is 0 Å². The van der Waals surface area contributed by atoms with Gasteiger partial charge >= 0.3 is 5.97 Å². The van der Waals surface area contributed by atoms with Crippen molar-refractivity contribution in [3.63, 3.8) is 0 Å². The molecule has 0 aromatic heterocycles. The molecule has 0 aromatic carbocycles. The van der Waals surface area contributed by atoms with Crippen molar-refractivity contribution >= 4 is 5.97 Å². The normalized spacial score (nSPS) is 12.3. The summed E-state index contributed by atoms with van der Waals surface area (Å²) in [6.07, 6.45) is 65.1. The van der Waals surface area contributed by atoms with Crippen molar-refractivity contribution in [2.45, 2.75) is 329 Å². The van der Waals surface area contributed by atoms with Gasteiger partial charge < -0.3 is 10.0 Å². The molecule has 0 rings (SSSR count). The number of rotatable bonds is 51. The predicted octanol–water partition coefficient (Wildman–Crippen LogP) is 19.1. The number of aliphatic carboxylic acids is 1. The molecule has 0 aliphatic heterocycles. The van der Waals surface area contributed by atoms with Gasteiger partial charge in [-0.3, -0.25) is 4.79 Å². The van der Waals surface area contributed by atoms with Crippen molar-refractivity contribution in [1.29, 1.82) is 0 Å². The lowest BCUT2D eigenvalue weighted by Gasteiger charge is -2.31. The molecule has 0 radical (unpaired) electrons. The maximum atomic E-state index is 11.3. The summed E-state index contributed by atoms with van der Waals surface area (Å²) >= 11 is 0. The number of carboxylic acid groups (broad SMARTS) is 1. The van der Waals surface area contributed by atoms with Crippen molar-refractivity contribution in [2.75, 3.05) is 13.1 Å². The average molecular weight is 804 g/mol. The van der Waals surface area contributed by atoms with Gasteiger partial charge in [0.1, 0.15) is 0 Å². The standard InChI is InChI=1S/C54H109NO2/c1-4-7-9-11-13-15-17-19-21-23-25-27-29-31-33-35-37-39-41-43-45-47-51-55(53(6-3)49-50-54(56)57)52-48-46-44-42-40-38-36-34-32-30-28-26-24-22-20-18-16-14-12-10-8-5-2/h53H,4-52H2,1-3H3,(H,56,57). The molecule has 0 aliphatic rings. The number of nitrogens with zero attached hydrogens (tertiary/aromatic N) is 1. The maximum absolute atomic E-state index is 11.3. The summed E-state index contributed by atoms with van der Waals surface area (Å²) in [6, 6.07) is 0.436. The van der Waals surface area contributed by atoms with Crippen LogP contribution in [0.25, 0.3) is 0 Å². The van der Waals surface area contributed by atoms with Crippen LogP contribution in [-0.4, -0.2) is 35.1 Å². The number of unbranched alkanes of at least 4 members (excludes halogenated alkanes) is 42. The van der Waals surface area contributed by atoms with Crippen molar-refractivity contribution in [2.24, 2.45) is 0 Å². The summed E-state index contributed by atoms with van der Waals surface area (Å²) in [6.45, 7) is 9.20. The zero-order valence-corrected chi connectivity index (χ0v) is 40.0. The Morgan fingerprint density at radius 3 is 0.702 bits per heavy atom. The van der Waals surface area contributed by atoms with E-state index in [9.17, 15) is 9.90 Å². The Morgan fingerprint density at radius 1 is 0.333 bits per heavy atom. The van der Waals surface area contributed by atoms with E-state index in [2.05, 4.69) is 25.7 Å². The zero-order valence-electron chi connectivity index (χ0n) is 40.0. The molecule has 0 spiro atoms. The molecule has 0 fully saturated rings. The van der Waals surface area contributed by atoms with Crippen LogP contribution in [0.1, 0.15) is 323 Å². The Bertz CT molecular complexity index is 691. The van der Waals surface area contributed by atoms with Crippen LogP contribution in [0.3, 0.4) is 0 Å². The van der Waals surface area contributed by atoms with E-state index in [1.807, 2.05) is 0 Å². The smallest absolute Gasteiger partial charge is 0.303 e. The molecule has 0 saturated heterocycles. The maximum Gasteiger partial charge on any atom is 0.303 e. The van der Waals surface area contributed by atoms with Gasteiger partial charge in [-0.2, -0.15) is 0 Å². The van der Waals surface area contributed by atoms with E-state index in [-0.39, 0.29) is 0 Å². The van der Waals surface area contributed by atoms with E-state index in [1.165, 1.54) is 283 Å². The molecule has 0 aliphatic carbocycles. The van der Waals surface area contributed by atoms with Crippen LogP contribution in [-0.2, 0) is 4.79 Å². The molecule has 1 unspecified atom stereocenters. The fraction of sp³-hybridized carbons (Fsp3) is 0.981. The second kappa shape index (κ2) is 49.8. The number of carbonyl (C=O) groups is 1. The van der Waals surface area contributed by atoms with E-state index in [1.54, 1.807) is 0 Å². The van der Waals surface area contributed by atoms with Gasteiger partial charge in [0, 0.05) is 12.5 Å². The van der Waals surface area contributed by atoms with Gasteiger partial charge in [-0.05, 0) is 38.8 Å². The minimum absolute atomic E-state index is 0.313. The number of carboxylic acids is 1. The average Bonchev–Trinajstić information content (AvgIpc) is 3.21. The summed E-state index contributed by atoms with van der Waals surface area (Å²) < 4.78 is 0. The summed E-state index contributed by atoms with van der Waals surface area (Å²) in [5.41, 5.74) is 0. The van der Waals surface area contributed by atoms with Crippen molar-refractivity contribution in [1.82, 2.24) is 4.90 Å². The van der Waals surface area contributed by atoms with E-state index in [4.69, 9.17) is 0 Å². The van der Waals surface area contributed by atoms with Crippen molar-refractivity contribution in [3.8, 4) is 0 Å².